The van der Waals surface area contributed by atoms with E-state index in [1.54, 1.807) is 25.1 Å². The maximum absolute atomic E-state index is 11.1. The summed E-state index contributed by atoms with van der Waals surface area (Å²) in [5.74, 6) is -0.452. The van der Waals surface area contributed by atoms with Crippen LogP contribution in [-0.2, 0) is 4.79 Å². The molecule has 0 aromatic heterocycles. The second kappa shape index (κ2) is 4.74. The number of rotatable bonds is 3. The lowest BCUT2D eigenvalue weighted by atomic mass is 10.2. The molecule has 0 saturated heterocycles. The van der Waals surface area contributed by atoms with E-state index in [0.29, 0.717) is 5.75 Å². The molecule has 0 radical (unpaired) electrons. The van der Waals surface area contributed by atoms with Gasteiger partial charge in [0.15, 0.2) is 6.10 Å². The van der Waals surface area contributed by atoms with E-state index in [4.69, 9.17) is 14.9 Å². The summed E-state index contributed by atoms with van der Waals surface area (Å²) in [7, 11) is 0. The molecular formula is C10H12O4. The van der Waals surface area contributed by atoms with Crippen LogP contribution in [0.5, 0.6) is 5.75 Å². The maximum Gasteiger partial charge on any atom is 0.342 e. The number of aliphatic hydroxyl groups excluding tert-OH is 2. The average Bonchev–Trinajstić information content (AvgIpc) is 2.20. The van der Waals surface area contributed by atoms with Gasteiger partial charge in [0.25, 0.3) is 0 Å². The van der Waals surface area contributed by atoms with Crippen molar-refractivity contribution >= 4 is 5.97 Å². The Hall–Kier alpha value is -1.39. The summed E-state index contributed by atoms with van der Waals surface area (Å²) in [6, 6.07) is 6.95. The van der Waals surface area contributed by atoms with Gasteiger partial charge >= 0.3 is 5.97 Å². The van der Waals surface area contributed by atoms with E-state index in [9.17, 15) is 4.79 Å². The van der Waals surface area contributed by atoms with Crippen molar-refractivity contribution in [2.75, 3.05) is 6.61 Å². The van der Waals surface area contributed by atoms with E-state index in [1.807, 2.05) is 6.07 Å². The zero-order valence-electron chi connectivity index (χ0n) is 7.80. The Kier molecular flexibility index (Phi) is 3.62. The molecule has 1 aromatic carbocycles. The third-order valence-electron chi connectivity index (χ3n) is 1.75. The number of aryl methyl sites for hydroxylation is 1. The second-order valence-corrected chi connectivity index (χ2v) is 2.88. The standard InChI is InChI=1S/C10H12O4/c1-7-4-2-3-5-9(7)14-10(13)8(12)6-11/h2-5,8,11-12H,6H2,1H3. The van der Waals surface area contributed by atoms with E-state index < -0.39 is 18.7 Å². The number of hydrogen-bond donors (Lipinski definition) is 2. The van der Waals surface area contributed by atoms with E-state index in [-0.39, 0.29) is 0 Å². The van der Waals surface area contributed by atoms with Crippen molar-refractivity contribution in [2.24, 2.45) is 0 Å². The minimum absolute atomic E-state index is 0.394. The normalized spacial score (nSPS) is 12.2. The number of benzene rings is 1. The predicted octanol–water partition coefficient (Wildman–Crippen LogP) is 0.254. The van der Waals surface area contributed by atoms with Crippen LogP contribution in [0.25, 0.3) is 0 Å². The van der Waals surface area contributed by atoms with Gasteiger partial charge in [-0.3, -0.25) is 0 Å². The van der Waals surface area contributed by atoms with Crippen LogP contribution in [0, 0.1) is 6.92 Å². The highest BCUT2D eigenvalue weighted by molar-refractivity contribution is 5.77. The first-order valence-corrected chi connectivity index (χ1v) is 4.21. The molecule has 14 heavy (non-hydrogen) atoms. The summed E-state index contributed by atoms with van der Waals surface area (Å²) in [4.78, 5) is 11.1. The Morgan fingerprint density at radius 1 is 1.50 bits per heavy atom. The molecule has 4 heteroatoms. The first kappa shape index (κ1) is 10.7. The SMILES string of the molecule is Cc1ccccc1OC(=O)C(O)CO. The molecule has 4 nitrogen and oxygen atoms in total. The Bertz CT molecular complexity index is 322. The average molecular weight is 196 g/mol. The van der Waals surface area contributed by atoms with Crippen LogP contribution >= 0.6 is 0 Å². The maximum atomic E-state index is 11.1. The smallest absolute Gasteiger partial charge is 0.342 e. The van der Waals surface area contributed by atoms with Crippen LogP contribution in [-0.4, -0.2) is 28.9 Å². The van der Waals surface area contributed by atoms with Gasteiger partial charge < -0.3 is 14.9 Å². The van der Waals surface area contributed by atoms with Gasteiger partial charge in [0.2, 0.25) is 0 Å². The molecule has 0 aliphatic carbocycles. The number of aliphatic hydroxyl groups is 2. The van der Waals surface area contributed by atoms with Gasteiger partial charge in [0.1, 0.15) is 5.75 Å². The largest absolute Gasteiger partial charge is 0.424 e. The quantitative estimate of drug-likeness (QED) is 0.537. The fourth-order valence-corrected chi connectivity index (χ4v) is 0.922. The predicted molar refractivity (Wildman–Crippen MR) is 49.9 cm³/mol. The summed E-state index contributed by atoms with van der Waals surface area (Å²) in [5, 5.41) is 17.5. The van der Waals surface area contributed by atoms with Crippen molar-refractivity contribution in [3.63, 3.8) is 0 Å². The molecule has 0 spiro atoms. The van der Waals surface area contributed by atoms with Crippen molar-refractivity contribution in [3.8, 4) is 5.75 Å². The van der Waals surface area contributed by atoms with Crippen molar-refractivity contribution in [3.05, 3.63) is 29.8 Å². The first-order valence-electron chi connectivity index (χ1n) is 4.21. The number of para-hydroxylation sites is 1. The Morgan fingerprint density at radius 3 is 2.71 bits per heavy atom. The molecule has 0 fully saturated rings. The van der Waals surface area contributed by atoms with Crippen LogP contribution in [0.4, 0.5) is 0 Å². The molecule has 1 atom stereocenters. The van der Waals surface area contributed by atoms with Crippen LogP contribution in [0.15, 0.2) is 24.3 Å². The number of esters is 1. The lowest BCUT2D eigenvalue weighted by Crippen LogP contribution is -2.28. The van der Waals surface area contributed by atoms with Gasteiger partial charge in [0.05, 0.1) is 6.61 Å². The molecule has 0 amide bonds. The molecule has 0 heterocycles. The zero-order valence-corrected chi connectivity index (χ0v) is 7.80. The monoisotopic (exact) mass is 196 g/mol. The molecule has 76 valence electrons. The topological polar surface area (TPSA) is 66.8 Å². The molecule has 0 bridgehead atoms. The van der Waals surface area contributed by atoms with Gasteiger partial charge in [-0.05, 0) is 18.6 Å². The third-order valence-corrected chi connectivity index (χ3v) is 1.75. The molecule has 0 saturated carbocycles. The number of ether oxygens (including phenoxy) is 1. The minimum atomic E-state index is -1.48. The van der Waals surface area contributed by atoms with Gasteiger partial charge in [-0.2, -0.15) is 0 Å². The number of carbonyl (C=O) groups excluding carboxylic acids is 1. The van der Waals surface area contributed by atoms with Crippen molar-refractivity contribution in [2.45, 2.75) is 13.0 Å². The van der Waals surface area contributed by atoms with E-state index in [0.717, 1.165) is 5.56 Å². The minimum Gasteiger partial charge on any atom is -0.424 e. The molecule has 1 aromatic rings. The van der Waals surface area contributed by atoms with Gasteiger partial charge in [0, 0.05) is 0 Å². The fourth-order valence-electron chi connectivity index (χ4n) is 0.922. The first-order chi connectivity index (χ1) is 6.65. The van der Waals surface area contributed by atoms with Crippen LogP contribution in [0.2, 0.25) is 0 Å². The van der Waals surface area contributed by atoms with Crippen LogP contribution < -0.4 is 4.74 Å². The molecule has 1 unspecified atom stereocenters. The van der Waals surface area contributed by atoms with E-state index >= 15 is 0 Å². The summed E-state index contributed by atoms with van der Waals surface area (Å²) in [6.07, 6.45) is -1.48. The van der Waals surface area contributed by atoms with Crippen molar-refractivity contribution < 1.29 is 19.7 Å². The molecule has 0 aliphatic heterocycles. The van der Waals surface area contributed by atoms with Gasteiger partial charge in [-0.15, -0.1) is 0 Å². The summed E-state index contributed by atoms with van der Waals surface area (Å²) in [6.45, 7) is 1.15. The Balaban J connectivity index is 2.70. The van der Waals surface area contributed by atoms with E-state index in [2.05, 4.69) is 0 Å². The van der Waals surface area contributed by atoms with Crippen LogP contribution in [0.3, 0.4) is 0 Å². The Morgan fingerprint density at radius 2 is 2.14 bits per heavy atom. The highest BCUT2D eigenvalue weighted by Gasteiger charge is 2.16. The van der Waals surface area contributed by atoms with Crippen molar-refractivity contribution in [1.29, 1.82) is 0 Å². The fraction of sp³-hybridized carbons (Fsp3) is 0.300. The van der Waals surface area contributed by atoms with Gasteiger partial charge in [-0.1, -0.05) is 18.2 Å². The number of hydrogen-bond acceptors (Lipinski definition) is 4. The van der Waals surface area contributed by atoms with Gasteiger partial charge in [-0.25, -0.2) is 4.79 Å². The highest BCUT2D eigenvalue weighted by Crippen LogP contribution is 2.16. The summed E-state index contributed by atoms with van der Waals surface area (Å²) >= 11 is 0. The van der Waals surface area contributed by atoms with Crippen LogP contribution in [0.1, 0.15) is 5.56 Å². The number of carbonyl (C=O) groups is 1. The Labute approximate surface area is 81.8 Å². The molecule has 2 N–H and O–H groups in total. The molecular weight excluding hydrogens is 184 g/mol. The summed E-state index contributed by atoms with van der Waals surface area (Å²) < 4.78 is 4.85. The zero-order chi connectivity index (χ0) is 10.6. The molecule has 1 rings (SSSR count). The third kappa shape index (κ3) is 2.55. The summed E-state index contributed by atoms with van der Waals surface area (Å²) in [5.41, 5.74) is 0.797. The lowest BCUT2D eigenvalue weighted by molar-refractivity contribution is -0.145. The van der Waals surface area contributed by atoms with E-state index in [1.165, 1.54) is 0 Å². The van der Waals surface area contributed by atoms with Crippen molar-refractivity contribution in [1.82, 2.24) is 0 Å². The highest BCUT2D eigenvalue weighted by atomic mass is 16.6. The molecule has 0 aliphatic rings. The second-order valence-electron chi connectivity index (χ2n) is 2.88. The lowest BCUT2D eigenvalue weighted by Gasteiger charge is -2.09.